The lowest BCUT2D eigenvalue weighted by atomic mass is 9.87. The quantitative estimate of drug-likeness (QED) is 0.550. The summed E-state index contributed by atoms with van der Waals surface area (Å²) in [7, 11) is 1.58. The highest BCUT2D eigenvalue weighted by Gasteiger charge is 2.35. The zero-order valence-corrected chi connectivity index (χ0v) is 18.8. The second-order valence-electron chi connectivity index (χ2n) is 9.08. The number of aromatic amines is 1. The molecule has 1 amide bonds. The molecule has 0 saturated heterocycles. The summed E-state index contributed by atoms with van der Waals surface area (Å²) in [5.74, 6) is -0.659. The van der Waals surface area contributed by atoms with Crippen LogP contribution in [0.2, 0.25) is 0 Å². The fourth-order valence-corrected chi connectivity index (χ4v) is 5.18. The van der Waals surface area contributed by atoms with Crippen LogP contribution < -0.4 is 10.1 Å². The first-order valence-electron chi connectivity index (χ1n) is 11.7. The first-order chi connectivity index (χ1) is 16.0. The molecule has 2 N–H and O–H groups in total. The molecule has 2 aliphatic rings. The summed E-state index contributed by atoms with van der Waals surface area (Å²) >= 11 is 0. The molecule has 2 aromatic carbocycles. The largest absolute Gasteiger partial charge is 0.489 e. The molecule has 174 valence electrons. The third kappa shape index (κ3) is 4.22. The number of hydrogen-bond acceptors (Lipinski definition) is 3. The number of ether oxygens (including phenoxy) is 1. The van der Waals surface area contributed by atoms with E-state index >= 15 is 0 Å². The standard InChI is InChI=1S/C26H29F2N3O2/c1-29-26(32)20-8-9-23(28)25-22(20)13-19(15-33-25)31(18-5-2-6-18)11-3-4-16-14-30-24-10-7-17(27)12-21(16)24/h7-10,12,14,18-19,30H,2-6,11,13,15H2,1H3,(H,29,32)/t19-/m1/s1. The van der Waals surface area contributed by atoms with E-state index in [-0.39, 0.29) is 23.5 Å². The summed E-state index contributed by atoms with van der Waals surface area (Å²) in [6, 6.07) is 8.25. The van der Waals surface area contributed by atoms with Crippen LogP contribution >= 0.6 is 0 Å². The fourth-order valence-electron chi connectivity index (χ4n) is 5.18. The van der Waals surface area contributed by atoms with Gasteiger partial charge in [-0.3, -0.25) is 9.69 Å². The van der Waals surface area contributed by atoms with Crippen LogP contribution in [-0.4, -0.2) is 48.1 Å². The van der Waals surface area contributed by atoms with Gasteiger partial charge >= 0.3 is 0 Å². The van der Waals surface area contributed by atoms with Crippen molar-refractivity contribution in [2.75, 3.05) is 20.2 Å². The SMILES string of the molecule is CNC(=O)c1ccc(F)c2c1C[C@@H](N(CCCc1c[nH]c3ccc(F)cc13)C1CCC1)CO2. The van der Waals surface area contributed by atoms with Gasteiger partial charge in [0.1, 0.15) is 12.4 Å². The Morgan fingerprint density at radius 1 is 1.21 bits per heavy atom. The van der Waals surface area contributed by atoms with E-state index in [1.165, 1.54) is 18.6 Å². The smallest absolute Gasteiger partial charge is 0.251 e. The minimum absolute atomic E-state index is 0.0911. The zero-order chi connectivity index (χ0) is 22.9. The Morgan fingerprint density at radius 3 is 2.82 bits per heavy atom. The number of H-pyrrole nitrogens is 1. The predicted octanol–water partition coefficient (Wildman–Crippen LogP) is 4.60. The van der Waals surface area contributed by atoms with Gasteiger partial charge in [0, 0.05) is 47.4 Å². The van der Waals surface area contributed by atoms with Gasteiger partial charge in [0.25, 0.3) is 5.91 Å². The Hall–Kier alpha value is -2.93. The molecule has 1 saturated carbocycles. The van der Waals surface area contributed by atoms with E-state index in [2.05, 4.69) is 15.2 Å². The van der Waals surface area contributed by atoms with Gasteiger partial charge in [-0.2, -0.15) is 0 Å². The number of carbonyl (C=O) groups excluding carboxylic acids is 1. The van der Waals surface area contributed by atoms with Crippen LogP contribution in [0.15, 0.2) is 36.5 Å². The molecule has 2 heterocycles. The third-order valence-corrected chi connectivity index (χ3v) is 7.15. The van der Waals surface area contributed by atoms with Crippen molar-refractivity contribution in [2.45, 2.75) is 50.6 Å². The van der Waals surface area contributed by atoms with Crippen molar-refractivity contribution in [3.63, 3.8) is 0 Å². The average Bonchev–Trinajstić information content (AvgIpc) is 3.18. The molecule has 1 fully saturated rings. The molecule has 3 aromatic rings. The number of halogens is 2. The van der Waals surface area contributed by atoms with Gasteiger partial charge in [0.2, 0.25) is 0 Å². The first-order valence-corrected chi connectivity index (χ1v) is 11.7. The van der Waals surface area contributed by atoms with Crippen molar-refractivity contribution < 1.29 is 18.3 Å². The van der Waals surface area contributed by atoms with Crippen LogP contribution in [-0.2, 0) is 12.8 Å². The van der Waals surface area contributed by atoms with Gasteiger partial charge in [0.05, 0.1) is 0 Å². The maximum atomic E-state index is 14.4. The summed E-state index contributed by atoms with van der Waals surface area (Å²) in [5.41, 5.74) is 3.20. The minimum Gasteiger partial charge on any atom is -0.489 e. The molecule has 0 spiro atoms. The number of carbonyl (C=O) groups is 1. The van der Waals surface area contributed by atoms with Crippen LogP contribution in [0.1, 0.15) is 47.2 Å². The summed E-state index contributed by atoms with van der Waals surface area (Å²) in [6.07, 6.45) is 7.83. The van der Waals surface area contributed by atoms with Crippen molar-refractivity contribution in [2.24, 2.45) is 0 Å². The van der Waals surface area contributed by atoms with Gasteiger partial charge in [-0.05, 0) is 74.5 Å². The Kier molecular flexibility index (Phi) is 6.06. The molecule has 33 heavy (non-hydrogen) atoms. The molecule has 1 aliphatic carbocycles. The summed E-state index contributed by atoms with van der Waals surface area (Å²) < 4.78 is 34.0. The van der Waals surface area contributed by atoms with Crippen molar-refractivity contribution in [1.82, 2.24) is 15.2 Å². The van der Waals surface area contributed by atoms with Gasteiger partial charge in [0.15, 0.2) is 11.6 Å². The van der Waals surface area contributed by atoms with Gasteiger partial charge in [-0.1, -0.05) is 6.42 Å². The van der Waals surface area contributed by atoms with E-state index in [0.717, 1.165) is 48.7 Å². The average molecular weight is 454 g/mol. The number of aryl methyl sites for hydroxylation is 1. The number of nitrogens with zero attached hydrogens (tertiary/aromatic N) is 1. The fraction of sp³-hybridized carbons (Fsp3) is 0.423. The van der Waals surface area contributed by atoms with E-state index < -0.39 is 5.82 Å². The molecular formula is C26H29F2N3O2. The molecule has 1 aliphatic heterocycles. The molecule has 5 rings (SSSR count). The van der Waals surface area contributed by atoms with Crippen LogP contribution in [0.4, 0.5) is 8.78 Å². The Bertz CT molecular complexity index is 1170. The number of rotatable bonds is 7. The lowest BCUT2D eigenvalue weighted by Gasteiger charge is -2.44. The highest BCUT2D eigenvalue weighted by molar-refractivity contribution is 5.96. The molecule has 1 atom stereocenters. The number of hydrogen-bond donors (Lipinski definition) is 2. The van der Waals surface area contributed by atoms with Crippen LogP contribution in [0, 0.1) is 11.6 Å². The van der Waals surface area contributed by atoms with E-state index in [4.69, 9.17) is 4.74 Å². The Balaban J connectivity index is 1.32. The van der Waals surface area contributed by atoms with Crippen LogP contribution in [0.25, 0.3) is 10.9 Å². The van der Waals surface area contributed by atoms with E-state index in [0.29, 0.717) is 30.2 Å². The number of benzene rings is 2. The van der Waals surface area contributed by atoms with Crippen LogP contribution in [0.3, 0.4) is 0 Å². The van der Waals surface area contributed by atoms with Gasteiger partial charge in [-0.25, -0.2) is 8.78 Å². The lowest BCUT2D eigenvalue weighted by molar-refractivity contribution is 0.0421. The second kappa shape index (κ2) is 9.14. The lowest BCUT2D eigenvalue weighted by Crippen LogP contribution is -2.51. The third-order valence-electron chi connectivity index (χ3n) is 7.15. The van der Waals surface area contributed by atoms with E-state index in [1.807, 2.05) is 6.20 Å². The number of fused-ring (bicyclic) bond motifs is 2. The number of amides is 1. The topological polar surface area (TPSA) is 57.4 Å². The number of aromatic nitrogens is 1. The maximum Gasteiger partial charge on any atom is 0.251 e. The van der Waals surface area contributed by atoms with Crippen LogP contribution in [0.5, 0.6) is 5.75 Å². The predicted molar refractivity (Wildman–Crippen MR) is 124 cm³/mol. The van der Waals surface area contributed by atoms with Gasteiger partial charge < -0.3 is 15.0 Å². The molecule has 7 heteroatoms. The molecule has 0 bridgehead atoms. The van der Waals surface area contributed by atoms with Crippen molar-refractivity contribution in [3.8, 4) is 5.75 Å². The highest BCUT2D eigenvalue weighted by atomic mass is 19.1. The zero-order valence-electron chi connectivity index (χ0n) is 18.8. The molecule has 0 unspecified atom stereocenters. The van der Waals surface area contributed by atoms with Crippen molar-refractivity contribution >= 4 is 16.8 Å². The minimum atomic E-state index is -0.419. The monoisotopic (exact) mass is 453 g/mol. The normalized spacial score (nSPS) is 18.1. The molecular weight excluding hydrogens is 424 g/mol. The second-order valence-corrected chi connectivity index (χ2v) is 9.08. The summed E-state index contributed by atoms with van der Waals surface area (Å²) in [6.45, 7) is 1.29. The Labute approximate surface area is 192 Å². The molecule has 0 radical (unpaired) electrons. The Morgan fingerprint density at radius 2 is 2.06 bits per heavy atom. The highest BCUT2D eigenvalue weighted by Crippen LogP contribution is 2.35. The van der Waals surface area contributed by atoms with Crippen molar-refractivity contribution in [1.29, 1.82) is 0 Å². The molecule has 5 nitrogen and oxygen atoms in total. The summed E-state index contributed by atoms with van der Waals surface area (Å²) in [5, 5.41) is 3.58. The first kappa shape index (κ1) is 21.9. The summed E-state index contributed by atoms with van der Waals surface area (Å²) in [4.78, 5) is 18.1. The van der Waals surface area contributed by atoms with E-state index in [9.17, 15) is 13.6 Å². The number of nitrogens with one attached hydrogen (secondary N) is 2. The van der Waals surface area contributed by atoms with Gasteiger partial charge in [-0.15, -0.1) is 0 Å². The molecule has 1 aromatic heterocycles. The maximum absolute atomic E-state index is 14.4. The van der Waals surface area contributed by atoms with E-state index in [1.54, 1.807) is 25.2 Å². The van der Waals surface area contributed by atoms with Crippen molar-refractivity contribution in [3.05, 3.63) is 64.9 Å².